The zero-order valence-electron chi connectivity index (χ0n) is 7.75. The maximum absolute atomic E-state index is 10.5. The van der Waals surface area contributed by atoms with Crippen LogP contribution in [-0.4, -0.2) is 34.5 Å². The van der Waals surface area contributed by atoms with E-state index in [0.717, 1.165) is 24.0 Å². The first-order valence-electron chi connectivity index (χ1n) is 4.11. The van der Waals surface area contributed by atoms with Gasteiger partial charge >= 0.3 is 6.18 Å². The standard InChI is InChI=1S/C5H10N2O.C2HF3O2/c6-5-3-1-2-4-7(5)8;3-2(4,5)1(6)7/h6,8H,1-4H2;(H,6,7). The molecular formula is C7H11F3N2O3. The smallest absolute Gasteiger partial charge is 0.430 e. The SMILES string of the molecule is NC1=[N+](O)CCCC1.O=C([O-])C(F)(F)F. The lowest BCUT2D eigenvalue weighted by Gasteiger charge is -2.05. The number of hydrogen-bond donors (Lipinski definition) is 2. The fourth-order valence-corrected chi connectivity index (χ4v) is 0.840. The van der Waals surface area contributed by atoms with Gasteiger partial charge in [-0.1, -0.05) is 4.74 Å². The number of rotatable bonds is 0. The average Bonchev–Trinajstić information content (AvgIpc) is 2.09. The lowest BCUT2D eigenvalue weighted by atomic mass is 10.2. The van der Waals surface area contributed by atoms with Gasteiger partial charge in [0, 0.05) is 0 Å². The van der Waals surface area contributed by atoms with Crippen molar-refractivity contribution in [3.05, 3.63) is 0 Å². The van der Waals surface area contributed by atoms with Crippen LogP contribution in [0.25, 0.3) is 0 Å². The fraction of sp³-hybridized carbons (Fsp3) is 0.714. The summed E-state index contributed by atoms with van der Waals surface area (Å²) in [5, 5.41) is 17.6. The molecule has 1 heterocycles. The monoisotopic (exact) mass is 228 g/mol. The first-order chi connectivity index (χ1) is 6.75. The Morgan fingerprint density at radius 1 is 1.47 bits per heavy atom. The van der Waals surface area contributed by atoms with Crippen LogP contribution in [0.4, 0.5) is 13.2 Å². The number of alkyl halides is 3. The number of amidine groups is 1. The van der Waals surface area contributed by atoms with E-state index < -0.39 is 12.1 Å². The highest BCUT2D eigenvalue weighted by Gasteiger charge is 2.28. The van der Waals surface area contributed by atoms with Crippen molar-refractivity contribution in [1.82, 2.24) is 0 Å². The number of nitrogens with zero attached hydrogens (tertiary/aromatic N) is 1. The third-order valence-corrected chi connectivity index (χ3v) is 1.62. The van der Waals surface area contributed by atoms with Crippen molar-refractivity contribution in [2.75, 3.05) is 6.54 Å². The summed E-state index contributed by atoms with van der Waals surface area (Å²) in [4.78, 5) is 8.78. The molecular weight excluding hydrogens is 217 g/mol. The normalized spacial score (nSPS) is 16.7. The molecule has 0 atom stereocenters. The molecule has 5 nitrogen and oxygen atoms in total. The van der Waals surface area contributed by atoms with E-state index in [1.807, 2.05) is 0 Å². The van der Waals surface area contributed by atoms with Gasteiger partial charge in [-0.3, -0.25) is 5.73 Å². The highest BCUT2D eigenvalue weighted by Crippen LogP contribution is 2.11. The molecule has 15 heavy (non-hydrogen) atoms. The van der Waals surface area contributed by atoms with Gasteiger partial charge in [0.05, 0.1) is 6.42 Å². The molecule has 0 bridgehead atoms. The minimum Gasteiger partial charge on any atom is -0.542 e. The van der Waals surface area contributed by atoms with Gasteiger partial charge in [-0.25, -0.2) is 0 Å². The predicted octanol–water partition coefficient (Wildman–Crippen LogP) is -0.772. The molecule has 0 aromatic heterocycles. The number of aliphatic carboxylic acids is 1. The van der Waals surface area contributed by atoms with Crippen LogP contribution in [0.2, 0.25) is 0 Å². The van der Waals surface area contributed by atoms with Crippen molar-refractivity contribution in [2.45, 2.75) is 25.4 Å². The third kappa shape index (κ3) is 5.76. The summed E-state index contributed by atoms with van der Waals surface area (Å²) in [6, 6.07) is 0. The van der Waals surface area contributed by atoms with Gasteiger partial charge in [0.25, 0.3) is 5.84 Å². The summed E-state index contributed by atoms with van der Waals surface area (Å²) in [6.07, 6.45) is -2.18. The second kappa shape index (κ2) is 5.42. The molecule has 0 amide bonds. The van der Waals surface area contributed by atoms with Gasteiger partial charge in [0.1, 0.15) is 12.5 Å². The quantitative estimate of drug-likeness (QED) is 0.420. The van der Waals surface area contributed by atoms with E-state index in [9.17, 15) is 13.2 Å². The molecule has 0 spiro atoms. The Kier molecular flexibility index (Phi) is 4.89. The molecule has 8 heteroatoms. The number of carbonyl (C=O) groups excluding carboxylic acids is 1. The zero-order chi connectivity index (χ0) is 12.1. The molecule has 0 radical (unpaired) electrons. The number of carboxylic acids is 1. The average molecular weight is 228 g/mol. The minimum atomic E-state index is -5.19. The van der Waals surface area contributed by atoms with E-state index in [1.165, 1.54) is 0 Å². The maximum Gasteiger partial charge on any atom is 0.430 e. The summed E-state index contributed by atoms with van der Waals surface area (Å²) < 4.78 is 32.7. The van der Waals surface area contributed by atoms with Crippen molar-refractivity contribution in [3.63, 3.8) is 0 Å². The van der Waals surface area contributed by atoms with Crippen LogP contribution in [0.15, 0.2) is 0 Å². The second-order valence-corrected chi connectivity index (χ2v) is 2.86. The van der Waals surface area contributed by atoms with Crippen LogP contribution in [0.5, 0.6) is 0 Å². The van der Waals surface area contributed by atoms with Crippen LogP contribution >= 0.6 is 0 Å². The van der Waals surface area contributed by atoms with E-state index in [1.54, 1.807) is 0 Å². The van der Waals surface area contributed by atoms with Crippen molar-refractivity contribution in [2.24, 2.45) is 5.73 Å². The Morgan fingerprint density at radius 3 is 2.13 bits per heavy atom. The Bertz CT molecular complexity index is 249. The number of nitrogens with two attached hydrogens (primary N) is 1. The molecule has 3 N–H and O–H groups in total. The summed E-state index contributed by atoms with van der Waals surface area (Å²) in [7, 11) is 0. The van der Waals surface area contributed by atoms with E-state index in [-0.39, 0.29) is 0 Å². The first kappa shape index (κ1) is 13.5. The third-order valence-electron chi connectivity index (χ3n) is 1.62. The number of hydrogen-bond acceptors (Lipinski definition) is 4. The Hall–Kier alpha value is -1.47. The Morgan fingerprint density at radius 2 is 1.93 bits per heavy atom. The van der Waals surface area contributed by atoms with Crippen molar-refractivity contribution >= 4 is 11.8 Å². The summed E-state index contributed by atoms with van der Waals surface area (Å²) in [6.45, 7) is 0.700. The summed E-state index contributed by atoms with van der Waals surface area (Å²) >= 11 is 0. The number of carboxylic acid groups (broad SMARTS) is 1. The number of hydroxylamine groups is 1. The molecule has 1 rings (SSSR count). The van der Waals surface area contributed by atoms with E-state index >= 15 is 0 Å². The first-order valence-corrected chi connectivity index (χ1v) is 4.11. The molecule has 0 aliphatic carbocycles. The van der Waals surface area contributed by atoms with Crippen molar-refractivity contribution < 1.29 is 33.0 Å². The fourth-order valence-electron chi connectivity index (χ4n) is 0.840. The van der Waals surface area contributed by atoms with Gasteiger partial charge in [0.2, 0.25) is 0 Å². The highest BCUT2D eigenvalue weighted by molar-refractivity contribution is 5.75. The molecule has 0 aromatic carbocycles. The van der Waals surface area contributed by atoms with Crippen LogP contribution in [-0.2, 0) is 4.79 Å². The van der Waals surface area contributed by atoms with Crippen molar-refractivity contribution in [3.8, 4) is 0 Å². The van der Waals surface area contributed by atoms with Crippen LogP contribution in [0, 0.1) is 0 Å². The van der Waals surface area contributed by atoms with Gasteiger partial charge in [-0.15, -0.1) is 0 Å². The number of carbonyl (C=O) groups is 1. The van der Waals surface area contributed by atoms with Crippen LogP contribution in [0.3, 0.4) is 0 Å². The maximum atomic E-state index is 10.5. The highest BCUT2D eigenvalue weighted by atomic mass is 19.4. The molecule has 0 saturated carbocycles. The van der Waals surface area contributed by atoms with E-state index in [0.29, 0.717) is 12.4 Å². The second-order valence-electron chi connectivity index (χ2n) is 2.86. The summed E-state index contributed by atoms with van der Waals surface area (Å²) in [5.74, 6) is -2.40. The van der Waals surface area contributed by atoms with E-state index in [2.05, 4.69) is 0 Å². The van der Waals surface area contributed by atoms with E-state index in [4.69, 9.17) is 20.8 Å². The molecule has 88 valence electrons. The van der Waals surface area contributed by atoms with Crippen molar-refractivity contribution in [1.29, 1.82) is 0 Å². The molecule has 1 aliphatic rings. The number of halogens is 3. The summed E-state index contributed by atoms with van der Waals surface area (Å²) in [5.41, 5.74) is 5.37. The minimum absolute atomic E-state index is 0.608. The van der Waals surface area contributed by atoms with Gasteiger partial charge in [0.15, 0.2) is 0 Å². The Labute approximate surface area is 83.6 Å². The van der Waals surface area contributed by atoms with Crippen LogP contribution in [0.1, 0.15) is 19.3 Å². The topological polar surface area (TPSA) is 89.4 Å². The lowest BCUT2D eigenvalue weighted by molar-refractivity contribution is -0.778. The largest absolute Gasteiger partial charge is 0.542 e. The molecule has 0 fully saturated rings. The van der Waals surface area contributed by atoms with Gasteiger partial charge in [-0.2, -0.15) is 13.2 Å². The molecule has 0 unspecified atom stereocenters. The molecule has 0 aromatic rings. The predicted molar refractivity (Wildman–Crippen MR) is 41.0 cm³/mol. The zero-order valence-corrected chi connectivity index (χ0v) is 7.75. The Balaban J connectivity index is 0.000000265. The molecule has 0 saturated heterocycles. The molecule has 1 aliphatic heterocycles. The van der Waals surface area contributed by atoms with Gasteiger partial charge < -0.3 is 15.1 Å². The van der Waals surface area contributed by atoms with Crippen LogP contribution < -0.4 is 10.8 Å². The lowest BCUT2D eigenvalue weighted by Crippen LogP contribution is -2.37. The van der Waals surface area contributed by atoms with Gasteiger partial charge in [-0.05, 0) is 12.8 Å².